The molecule has 0 bridgehead atoms. The summed E-state index contributed by atoms with van der Waals surface area (Å²) in [6, 6.07) is 97.8. The quantitative estimate of drug-likeness (QED) is 0.143. The zero-order chi connectivity index (χ0) is 43.8. The van der Waals surface area contributed by atoms with Crippen LogP contribution in [0.3, 0.4) is 0 Å². The topological polar surface area (TPSA) is 0 Å². The van der Waals surface area contributed by atoms with Crippen LogP contribution in [0.1, 0.15) is 0 Å². The van der Waals surface area contributed by atoms with E-state index in [-0.39, 0.29) is 0 Å². The van der Waals surface area contributed by atoms with Gasteiger partial charge in [-0.05, 0) is 158 Å². The van der Waals surface area contributed by atoms with E-state index in [0.717, 1.165) is 0 Å². The molecule has 0 fully saturated rings. The highest BCUT2D eigenvalue weighted by atomic mass is 14.2. The van der Waals surface area contributed by atoms with Crippen molar-refractivity contribution in [3.05, 3.63) is 267 Å². The van der Waals surface area contributed by atoms with Crippen LogP contribution < -0.4 is 0 Å². The smallest absolute Gasteiger partial charge is 0.00266 e. The summed E-state index contributed by atoms with van der Waals surface area (Å²) in [5.41, 5.74) is 19.4. The number of fused-ring (bicyclic) bond motifs is 3. The molecule has 0 atom stereocenters. The number of rotatable bonds is 8. The molecule has 0 N–H and O–H groups in total. The molecule has 0 saturated carbocycles. The van der Waals surface area contributed by atoms with Crippen molar-refractivity contribution in [1.82, 2.24) is 0 Å². The van der Waals surface area contributed by atoms with E-state index in [9.17, 15) is 0 Å². The maximum Gasteiger partial charge on any atom is -0.00266 e. The predicted molar refractivity (Wildman–Crippen MR) is 282 cm³/mol. The van der Waals surface area contributed by atoms with Crippen molar-refractivity contribution in [2.24, 2.45) is 0 Å². The van der Waals surface area contributed by atoms with Gasteiger partial charge < -0.3 is 0 Å². The first-order chi connectivity index (χ1) is 32.7. The molecule has 0 aliphatic rings. The highest BCUT2D eigenvalue weighted by Gasteiger charge is 2.19. The molecule has 0 nitrogen and oxygen atoms in total. The molecule has 0 radical (unpaired) electrons. The molecule has 0 spiro atoms. The molecule has 0 heteroatoms. The summed E-state index contributed by atoms with van der Waals surface area (Å²) < 4.78 is 0. The van der Waals surface area contributed by atoms with Gasteiger partial charge in [-0.2, -0.15) is 0 Å². The minimum atomic E-state index is 1.19. The van der Waals surface area contributed by atoms with Gasteiger partial charge in [0.25, 0.3) is 0 Å². The van der Waals surface area contributed by atoms with Crippen LogP contribution in [0.5, 0.6) is 0 Å². The maximum absolute atomic E-state index is 2.36. The summed E-state index contributed by atoms with van der Waals surface area (Å²) >= 11 is 0. The van der Waals surface area contributed by atoms with Crippen molar-refractivity contribution in [3.63, 3.8) is 0 Å². The fourth-order valence-electron chi connectivity index (χ4n) is 9.92. The van der Waals surface area contributed by atoms with Gasteiger partial charge in [-0.3, -0.25) is 0 Å². The predicted octanol–water partition coefficient (Wildman–Crippen LogP) is 18.5. The summed E-state index contributed by atoms with van der Waals surface area (Å²) in [7, 11) is 0. The normalized spacial score (nSPS) is 11.3. The number of benzene rings is 12. The second kappa shape index (κ2) is 16.8. The molecule has 66 heavy (non-hydrogen) atoms. The Labute approximate surface area is 386 Å². The minimum absolute atomic E-state index is 1.19. The van der Waals surface area contributed by atoms with Crippen LogP contribution in [-0.4, -0.2) is 0 Å². The molecule has 0 saturated heterocycles. The first kappa shape index (κ1) is 39.0. The van der Waals surface area contributed by atoms with E-state index in [2.05, 4.69) is 267 Å². The van der Waals surface area contributed by atoms with Gasteiger partial charge in [-0.15, -0.1) is 0 Å². The maximum atomic E-state index is 2.36. The third kappa shape index (κ3) is 7.35. The van der Waals surface area contributed by atoms with Gasteiger partial charge in [0.15, 0.2) is 0 Å². The standard InChI is InChI=1S/C66H44/c1-5-15-45(16-6-1)51-27-29-57-41-53(31-33-55(57)39-51)49-23-13-25-59(43-49)61-35-37-64-63(65(61)47-19-9-3-10-20-47)38-36-62(66(64)48-21-11-4-12-22-48)60-26-14-24-50(44-60)54-32-34-56-40-52(28-30-58(56)42-54)46-17-7-2-8-18-46/h1-44H. The van der Waals surface area contributed by atoms with Gasteiger partial charge in [0.2, 0.25) is 0 Å². The highest BCUT2D eigenvalue weighted by molar-refractivity contribution is 6.13. The Kier molecular flexibility index (Phi) is 9.97. The van der Waals surface area contributed by atoms with Crippen LogP contribution >= 0.6 is 0 Å². The van der Waals surface area contributed by atoms with Gasteiger partial charge >= 0.3 is 0 Å². The summed E-state index contributed by atoms with van der Waals surface area (Å²) in [5.74, 6) is 0. The Hall–Kier alpha value is -8.58. The Morgan fingerprint density at radius 1 is 0.152 bits per heavy atom. The van der Waals surface area contributed by atoms with Gasteiger partial charge in [0.1, 0.15) is 0 Å². The van der Waals surface area contributed by atoms with Crippen molar-refractivity contribution < 1.29 is 0 Å². The fraction of sp³-hybridized carbons (Fsp3) is 0. The van der Waals surface area contributed by atoms with Crippen LogP contribution in [0.4, 0.5) is 0 Å². The monoisotopic (exact) mass is 836 g/mol. The SMILES string of the molecule is c1ccc(-c2ccc3cc(-c4cccc(-c5ccc6c(-c7ccccc7)c(-c7cccc(-c8ccc9cc(-c%10ccccc%10)ccc9c8)c7)ccc6c5-c5ccccc5)c4)ccc3c2)cc1. The van der Waals surface area contributed by atoms with E-state index in [4.69, 9.17) is 0 Å². The highest BCUT2D eigenvalue weighted by Crippen LogP contribution is 2.46. The van der Waals surface area contributed by atoms with Gasteiger partial charge in [0, 0.05) is 0 Å². The summed E-state index contributed by atoms with van der Waals surface area (Å²) in [6.45, 7) is 0. The second-order valence-electron chi connectivity index (χ2n) is 17.3. The zero-order valence-corrected chi connectivity index (χ0v) is 36.4. The Morgan fingerprint density at radius 2 is 0.424 bits per heavy atom. The average molecular weight is 837 g/mol. The lowest BCUT2D eigenvalue weighted by molar-refractivity contribution is 1.57. The molecule has 0 heterocycles. The summed E-state index contributed by atoms with van der Waals surface area (Å²) in [6.07, 6.45) is 0. The molecular formula is C66H44. The molecule has 0 aliphatic heterocycles. The van der Waals surface area contributed by atoms with E-state index in [1.165, 1.54) is 121 Å². The van der Waals surface area contributed by atoms with Crippen molar-refractivity contribution in [2.45, 2.75) is 0 Å². The molecule has 0 unspecified atom stereocenters. The molecule has 0 aliphatic carbocycles. The van der Waals surface area contributed by atoms with Crippen molar-refractivity contribution in [2.75, 3.05) is 0 Å². The fourth-order valence-corrected chi connectivity index (χ4v) is 9.92. The van der Waals surface area contributed by atoms with E-state index < -0.39 is 0 Å². The molecule has 0 aromatic heterocycles. The lowest BCUT2D eigenvalue weighted by Gasteiger charge is -2.20. The van der Waals surface area contributed by atoms with E-state index in [0.29, 0.717) is 0 Å². The third-order valence-corrected chi connectivity index (χ3v) is 13.2. The molecule has 12 aromatic carbocycles. The van der Waals surface area contributed by atoms with Crippen molar-refractivity contribution in [3.8, 4) is 89.0 Å². The Balaban J connectivity index is 0.963. The van der Waals surface area contributed by atoms with E-state index >= 15 is 0 Å². The van der Waals surface area contributed by atoms with Crippen LogP contribution in [0.15, 0.2) is 267 Å². The largest absolute Gasteiger partial charge is 0.0622 e. The number of hydrogen-bond acceptors (Lipinski definition) is 0. The first-order valence-corrected chi connectivity index (χ1v) is 22.8. The molecule has 308 valence electrons. The van der Waals surface area contributed by atoms with Crippen LogP contribution in [0.2, 0.25) is 0 Å². The van der Waals surface area contributed by atoms with Gasteiger partial charge in [0.05, 0.1) is 0 Å². The average Bonchev–Trinajstić information content (AvgIpc) is 3.40. The lowest BCUT2D eigenvalue weighted by atomic mass is 9.83. The number of hydrogen-bond donors (Lipinski definition) is 0. The third-order valence-electron chi connectivity index (χ3n) is 13.2. The zero-order valence-electron chi connectivity index (χ0n) is 36.4. The Bertz CT molecular complexity index is 3470. The van der Waals surface area contributed by atoms with Crippen LogP contribution in [-0.2, 0) is 0 Å². The van der Waals surface area contributed by atoms with Gasteiger partial charge in [-0.1, -0.05) is 231 Å². The molecule has 12 rings (SSSR count). The molecule has 12 aromatic rings. The van der Waals surface area contributed by atoms with Crippen LogP contribution in [0.25, 0.3) is 121 Å². The summed E-state index contributed by atoms with van der Waals surface area (Å²) in [4.78, 5) is 0. The second-order valence-corrected chi connectivity index (χ2v) is 17.3. The van der Waals surface area contributed by atoms with Gasteiger partial charge in [-0.25, -0.2) is 0 Å². The molecule has 0 amide bonds. The molecular weight excluding hydrogens is 793 g/mol. The summed E-state index contributed by atoms with van der Waals surface area (Å²) in [5, 5.41) is 7.41. The van der Waals surface area contributed by atoms with Crippen molar-refractivity contribution in [1.29, 1.82) is 0 Å². The van der Waals surface area contributed by atoms with Crippen molar-refractivity contribution >= 4 is 32.3 Å². The lowest BCUT2D eigenvalue weighted by Crippen LogP contribution is -1.93. The van der Waals surface area contributed by atoms with E-state index in [1.54, 1.807) is 0 Å². The van der Waals surface area contributed by atoms with E-state index in [1.807, 2.05) is 0 Å². The van der Waals surface area contributed by atoms with Crippen LogP contribution in [0, 0.1) is 0 Å². The first-order valence-electron chi connectivity index (χ1n) is 22.8. The Morgan fingerprint density at radius 3 is 0.773 bits per heavy atom. The minimum Gasteiger partial charge on any atom is -0.0622 e.